The molecule has 21 heavy (non-hydrogen) atoms. The van der Waals surface area contributed by atoms with Crippen molar-refractivity contribution in [3.05, 3.63) is 52.7 Å². The van der Waals surface area contributed by atoms with Crippen LogP contribution in [0, 0.1) is 6.92 Å². The Hall–Kier alpha value is -2.63. The Balaban J connectivity index is 1.87. The molecule has 0 saturated heterocycles. The Kier molecular flexibility index (Phi) is 3.21. The molecule has 1 N–H and O–H groups in total. The van der Waals surface area contributed by atoms with Crippen LogP contribution in [-0.2, 0) is 13.0 Å². The molecule has 1 aliphatic heterocycles. The minimum Gasteiger partial charge on any atom is -0.478 e. The van der Waals surface area contributed by atoms with E-state index >= 15 is 0 Å². The molecule has 1 aliphatic rings. The number of nitrogens with zero attached hydrogens (tertiary/aromatic N) is 2. The highest BCUT2D eigenvalue weighted by Gasteiger charge is 2.25. The first-order valence-corrected chi connectivity index (χ1v) is 6.60. The fourth-order valence-electron chi connectivity index (χ4n) is 2.51. The number of carbonyl (C=O) groups is 2. The quantitative estimate of drug-likeness (QED) is 0.911. The molecule has 0 aliphatic carbocycles. The highest BCUT2D eigenvalue weighted by molar-refractivity contribution is 5.92. The lowest BCUT2D eigenvalue weighted by Crippen LogP contribution is -2.36. The molecule has 2 aromatic rings. The molecule has 0 radical (unpaired) electrons. The second kappa shape index (κ2) is 5.05. The number of carboxylic acids is 1. The zero-order chi connectivity index (χ0) is 15.0. The molecule has 6 heteroatoms. The van der Waals surface area contributed by atoms with E-state index in [1.165, 1.54) is 6.39 Å². The normalized spacial score (nSPS) is 13.9. The molecule has 1 aromatic heterocycles. The summed E-state index contributed by atoms with van der Waals surface area (Å²) < 4.78 is 5.13. The number of oxazole rings is 1. The smallest absolute Gasteiger partial charge is 0.335 e. The molecule has 0 saturated carbocycles. The van der Waals surface area contributed by atoms with E-state index in [2.05, 4.69) is 4.98 Å². The molecule has 0 unspecified atom stereocenters. The summed E-state index contributed by atoms with van der Waals surface area (Å²) in [5.74, 6) is -0.934. The Morgan fingerprint density at radius 3 is 2.81 bits per heavy atom. The van der Waals surface area contributed by atoms with Gasteiger partial charge >= 0.3 is 5.97 Å². The van der Waals surface area contributed by atoms with E-state index in [1.807, 2.05) is 6.07 Å². The van der Waals surface area contributed by atoms with E-state index in [-0.39, 0.29) is 17.2 Å². The summed E-state index contributed by atoms with van der Waals surface area (Å²) in [6, 6.07) is 5.05. The van der Waals surface area contributed by atoms with Crippen molar-refractivity contribution in [2.75, 3.05) is 6.54 Å². The SMILES string of the molecule is Cc1ncoc1C(=O)N1CCc2ccc(C(=O)O)cc2C1. The van der Waals surface area contributed by atoms with E-state index in [1.54, 1.807) is 24.0 Å². The number of carboxylic acid groups (broad SMARTS) is 1. The van der Waals surface area contributed by atoms with Crippen LogP contribution >= 0.6 is 0 Å². The maximum absolute atomic E-state index is 12.4. The van der Waals surface area contributed by atoms with Crippen molar-refractivity contribution in [2.45, 2.75) is 19.9 Å². The van der Waals surface area contributed by atoms with Gasteiger partial charge in [0.25, 0.3) is 5.91 Å². The third kappa shape index (κ3) is 2.40. The van der Waals surface area contributed by atoms with Gasteiger partial charge in [-0.2, -0.15) is 0 Å². The van der Waals surface area contributed by atoms with Crippen LogP contribution in [0.3, 0.4) is 0 Å². The average Bonchev–Trinajstić information content (AvgIpc) is 2.91. The van der Waals surface area contributed by atoms with Gasteiger partial charge in [-0.05, 0) is 36.6 Å². The van der Waals surface area contributed by atoms with Crippen LogP contribution < -0.4 is 0 Å². The molecule has 0 bridgehead atoms. The summed E-state index contributed by atoms with van der Waals surface area (Å²) >= 11 is 0. The molecular formula is C15H14N2O4. The summed E-state index contributed by atoms with van der Waals surface area (Å²) in [6.07, 6.45) is 1.96. The summed E-state index contributed by atoms with van der Waals surface area (Å²) in [7, 11) is 0. The molecular weight excluding hydrogens is 272 g/mol. The molecule has 2 heterocycles. The van der Waals surface area contributed by atoms with E-state index in [9.17, 15) is 9.59 Å². The number of fused-ring (bicyclic) bond motifs is 1. The van der Waals surface area contributed by atoms with Crippen molar-refractivity contribution < 1.29 is 19.1 Å². The highest BCUT2D eigenvalue weighted by Crippen LogP contribution is 2.22. The zero-order valence-corrected chi connectivity index (χ0v) is 11.5. The van der Waals surface area contributed by atoms with Gasteiger partial charge in [-0.3, -0.25) is 4.79 Å². The molecule has 0 spiro atoms. The van der Waals surface area contributed by atoms with Gasteiger partial charge in [0.05, 0.1) is 11.3 Å². The minimum atomic E-state index is -0.965. The Morgan fingerprint density at radius 2 is 2.14 bits per heavy atom. The topological polar surface area (TPSA) is 83.6 Å². The van der Waals surface area contributed by atoms with Crippen LogP contribution in [0.25, 0.3) is 0 Å². The van der Waals surface area contributed by atoms with Gasteiger partial charge in [-0.1, -0.05) is 6.07 Å². The van der Waals surface area contributed by atoms with Gasteiger partial charge in [0.15, 0.2) is 6.39 Å². The first kappa shape index (κ1) is 13.4. The molecule has 1 aromatic carbocycles. The number of carbonyl (C=O) groups excluding carboxylic acids is 1. The Labute approximate surface area is 121 Å². The van der Waals surface area contributed by atoms with Crippen molar-refractivity contribution in [1.29, 1.82) is 0 Å². The van der Waals surface area contributed by atoms with Crippen LogP contribution in [0.15, 0.2) is 29.0 Å². The Bertz CT molecular complexity index is 720. The maximum Gasteiger partial charge on any atom is 0.335 e. The molecule has 1 amide bonds. The van der Waals surface area contributed by atoms with Crippen LogP contribution in [0.2, 0.25) is 0 Å². The molecule has 6 nitrogen and oxygen atoms in total. The fourth-order valence-corrected chi connectivity index (χ4v) is 2.51. The lowest BCUT2D eigenvalue weighted by Gasteiger charge is -2.28. The van der Waals surface area contributed by atoms with Crippen LogP contribution in [0.5, 0.6) is 0 Å². The number of hydrogen-bond acceptors (Lipinski definition) is 4. The number of aromatic nitrogens is 1. The van der Waals surface area contributed by atoms with E-state index < -0.39 is 5.97 Å². The van der Waals surface area contributed by atoms with Crippen molar-refractivity contribution in [2.24, 2.45) is 0 Å². The monoisotopic (exact) mass is 286 g/mol. The number of aromatic carboxylic acids is 1. The lowest BCUT2D eigenvalue weighted by molar-refractivity contribution is 0.0696. The maximum atomic E-state index is 12.4. The summed E-state index contributed by atoms with van der Waals surface area (Å²) in [5, 5.41) is 9.04. The third-order valence-electron chi connectivity index (χ3n) is 3.69. The number of aryl methyl sites for hydroxylation is 1. The first-order chi connectivity index (χ1) is 10.1. The minimum absolute atomic E-state index is 0.212. The van der Waals surface area contributed by atoms with Gasteiger partial charge in [-0.15, -0.1) is 0 Å². The second-order valence-electron chi connectivity index (χ2n) is 5.03. The summed E-state index contributed by atoms with van der Waals surface area (Å²) in [5.41, 5.74) is 2.74. The van der Waals surface area contributed by atoms with Crippen molar-refractivity contribution in [3.8, 4) is 0 Å². The Morgan fingerprint density at radius 1 is 1.33 bits per heavy atom. The van der Waals surface area contributed by atoms with Crippen molar-refractivity contribution in [3.63, 3.8) is 0 Å². The summed E-state index contributed by atoms with van der Waals surface area (Å²) in [6.45, 7) is 2.69. The van der Waals surface area contributed by atoms with Crippen LogP contribution in [-0.4, -0.2) is 33.4 Å². The van der Waals surface area contributed by atoms with E-state index in [0.29, 0.717) is 25.2 Å². The van der Waals surface area contributed by atoms with E-state index in [0.717, 1.165) is 11.1 Å². The predicted molar refractivity (Wildman–Crippen MR) is 73.1 cm³/mol. The highest BCUT2D eigenvalue weighted by atomic mass is 16.4. The fraction of sp³-hybridized carbons (Fsp3) is 0.267. The molecule has 3 rings (SSSR count). The van der Waals surface area contributed by atoms with Crippen LogP contribution in [0.1, 0.15) is 37.7 Å². The van der Waals surface area contributed by atoms with Gasteiger partial charge in [0.2, 0.25) is 5.76 Å². The zero-order valence-electron chi connectivity index (χ0n) is 11.5. The van der Waals surface area contributed by atoms with Crippen LogP contribution in [0.4, 0.5) is 0 Å². The van der Waals surface area contributed by atoms with Gasteiger partial charge in [0.1, 0.15) is 0 Å². The number of hydrogen-bond donors (Lipinski definition) is 1. The largest absolute Gasteiger partial charge is 0.478 e. The molecule has 0 fully saturated rings. The number of rotatable bonds is 2. The third-order valence-corrected chi connectivity index (χ3v) is 3.69. The standard InChI is InChI=1S/C15H14N2O4/c1-9-13(21-8-16-9)14(18)17-5-4-10-2-3-11(15(19)20)6-12(10)7-17/h2-3,6,8H,4-5,7H2,1H3,(H,19,20). The summed E-state index contributed by atoms with van der Waals surface area (Å²) in [4.78, 5) is 29.0. The van der Waals surface area contributed by atoms with Crippen molar-refractivity contribution in [1.82, 2.24) is 9.88 Å². The second-order valence-corrected chi connectivity index (χ2v) is 5.03. The van der Waals surface area contributed by atoms with E-state index in [4.69, 9.17) is 9.52 Å². The van der Waals surface area contributed by atoms with Gasteiger partial charge < -0.3 is 14.4 Å². The first-order valence-electron chi connectivity index (χ1n) is 6.60. The molecule has 0 atom stereocenters. The lowest BCUT2D eigenvalue weighted by atomic mass is 9.97. The number of amides is 1. The molecule has 108 valence electrons. The van der Waals surface area contributed by atoms with Gasteiger partial charge in [0, 0.05) is 13.1 Å². The number of benzene rings is 1. The van der Waals surface area contributed by atoms with Crippen molar-refractivity contribution >= 4 is 11.9 Å². The predicted octanol–water partition coefficient (Wildman–Crippen LogP) is 1.88. The average molecular weight is 286 g/mol. The van der Waals surface area contributed by atoms with Gasteiger partial charge in [-0.25, -0.2) is 9.78 Å².